The quantitative estimate of drug-likeness (QED) is 0.786. The zero-order valence-corrected chi connectivity index (χ0v) is 13.5. The fourth-order valence-corrected chi connectivity index (χ4v) is 2.91. The number of esters is 1. The Balaban J connectivity index is 1.81. The number of hydrogen-bond donors (Lipinski definition) is 0. The molecule has 0 bridgehead atoms. The number of benzene rings is 1. The van der Waals surface area contributed by atoms with E-state index in [4.69, 9.17) is 4.74 Å². The van der Waals surface area contributed by atoms with Crippen LogP contribution < -0.4 is 0 Å². The first-order valence-electron chi connectivity index (χ1n) is 8.09. The van der Waals surface area contributed by atoms with Crippen molar-refractivity contribution in [3.63, 3.8) is 0 Å². The fourth-order valence-electron chi connectivity index (χ4n) is 2.91. The summed E-state index contributed by atoms with van der Waals surface area (Å²) in [4.78, 5) is 25.3. The molecule has 1 aromatic rings. The number of amides is 1. The maximum absolute atomic E-state index is 12.2. The summed E-state index contributed by atoms with van der Waals surface area (Å²) in [5.41, 5.74) is 1.21. The van der Waals surface area contributed by atoms with Gasteiger partial charge in [0.15, 0.2) is 0 Å². The first-order chi connectivity index (χ1) is 10.6. The molecule has 1 aliphatic heterocycles. The topological polar surface area (TPSA) is 46.6 Å². The van der Waals surface area contributed by atoms with Crippen LogP contribution in [0.15, 0.2) is 30.3 Å². The Morgan fingerprint density at radius 1 is 1.23 bits per heavy atom. The number of nitrogens with zero attached hydrogens (tertiary/aromatic N) is 1. The van der Waals surface area contributed by atoms with Crippen LogP contribution in [0.2, 0.25) is 0 Å². The lowest BCUT2D eigenvalue weighted by molar-refractivity contribution is -0.152. The number of carbonyl (C=O) groups excluding carboxylic acids is 2. The minimum absolute atomic E-state index is 0.0659. The summed E-state index contributed by atoms with van der Waals surface area (Å²) in [7, 11) is 0. The molecule has 22 heavy (non-hydrogen) atoms. The van der Waals surface area contributed by atoms with Gasteiger partial charge in [0.25, 0.3) is 0 Å². The molecule has 2 rings (SSSR count). The lowest BCUT2D eigenvalue weighted by Crippen LogP contribution is -2.39. The van der Waals surface area contributed by atoms with Crippen molar-refractivity contribution in [3.8, 4) is 0 Å². The van der Waals surface area contributed by atoms with Crippen LogP contribution in [-0.2, 0) is 14.3 Å². The molecule has 0 saturated carbocycles. The number of likely N-dealkylation sites (tertiary alicyclic amines) is 1. The molecule has 1 saturated heterocycles. The molecule has 4 nitrogen and oxygen atoms in total. The Kier molecular flexibility index (Phi) is 5.99. The average molecular weight is 303 g/mol. The molecule has 1 fully saturated rings. The summed E-state index contributed by atoms with van der Waals surface area (Å²) in [5.74, 6) is 0.158. The monoisotopic (exact) mass is 303 g/mol. The highest BCUT2D eigenvalue weighted by atomic mass is 16.5. The standard InChI is InChI=1S/C18H25NO3/c1-3-15(16-7-5-4-6-8-16)13-22-18(21)17-9-11-19(12-10-17)14(2)20/h4-8,15,17H,3,9-13H2,1-2H3/t15-/m0/s1. The van der Waals surface area contributed by atoms with Crippen LogP contribution in [0.3, 0.4) is 0 Å². The lowest BCUT2D eigenvalue weighted by atomic mass is 9.96. The second-order valence-corrected chi connectivity index (χ2v) is 5.93. The molecule has 0 unspecified atom stereocenters. The maximum atomic E-state index is 12.2. The normalized spacial score (nSPS) is 17.1. The molecule has 4 heteroatoms. The van der Waals surface area contributed by atoms with E-state index in [2.05, 4.69) is 19.1 Å². The lowest BCUT2D eigenvalue weighted by Gasteiger charge is -2.30. The van der Waals surface area contributed by atoms with E-state index >= 15 is 0 Å². The molecule has 1 amide bonds. The molecule has 1 aromatic carbocycles. The number of carbonyl (C=O) groups is 2. The molecule has 1 atom stereocenters. The number of hydrogen-bond acceptors (Lipinski definition) is 3. The van der Waals surface area contributed by atoms with E-state index in [1.54, 1.807) is 11.8 Å². The zero-order chi connectivity index (χ0) is 15.9. The molecular formula is C18H25NO3. The van der Waals surface area contributed by atoms with E-state index in [-0.39, 0.29) is 23.7 Å². The van der Waals surface area contributed by atoms with Crippen molar-refractivity contribution < 1.29 is 14.3 Å². The van der Waals surface area contributed by atoms with Crippen molar-refractivity contribution in [1.29, 1.82) is 0 Å². The van der Waals surface area contributed by atoms with Crippen molar-refractivity contribution in [2.75, 3.05) is 19.7 Å². The van der Waals surface area contributed by atoms with Crippen molar-refractivity contribution in [1.82, 2.24) is 4.90 Å². The van der Waals surface area contributed by atoms with Gasteiger partial charge in [0.05, 0.1) is 12.5 Å². The number of ether oxygens (including phenoxy) is 1. The highest BCUT2D eigenvalue weighted by molar-refractivity contribution is 5.75. The Morgan fingerprint density at radius 2 is 1.86 bits per heavy atom. The molecule has 1 heterocycles. The van der Waals surface area contributed by atoms with E-state index in [0.29, 0.717) is 32.5 Å². The van der Waals surface area contributed by atoms with Gasteiger partial charge in [0, 0.05) is 25.9 Å². The number of piperidine rings is 1. The van der Waals surface area contributed by atoms with Gasteiger partial charge >= 0.3 is 5.97 Å². The SMILES string of the molecule is CC[C@@H](COC(=O)C1CCN(C(C)=O)CC1)c1ccccc1. The largest absolute Gasteiger partial charge is 0.465 e. The Hall–Kier alpha value is -1.84. The van der Waals surface area contributed by atoms with Crippen molar-refractivity contribution >= 4 is 11.9 Å². The molecule has 0 radical (unpaired) electrons. The third-order valence-electron chi connectivity index (χ3n) is 4.46. The van der Waals surface area contributed by atoms with E-state index in [1.807, 2.05) is 18.2 Å². The minimum atomic E-state index is -0.113. The maximum Gasteiger partial charge on any atom is 0.309 e. The molecule has 1 aliphatic rings. The van der Waals surface area contributed by atoms with Gasteiger partial charge in [-0.15, -0.1) is 0 Å². The summed E-state index contributed by atoms with van der Waals surface area (Å²) in [5, 5.41) is 0. The van der Waals surface area contributed by atoms with Gasteiger partial charge in [-0.2, -0.15) is 0 Å². The van der Waals surface area contributed by atoms with Crippen LogP contribution in [0.25, 0.3) is 0 Å². The molecule has 0 N–H and O–H groups in total. The van der Waals surface area contributed by atoms with Crippen LogP contribution in [0.1, 0.15) is 44.6 Å². The van der Waals surface area contributed by atoms with Crippen LogP contribution in [-0.4, -0.2) is 36.5 Å². The van der Waals surface area contributed by atoms with E-state index in [1.165, 1.54) is 5.56 Å². The fraction of sp³-hybridized carbons (Fsp3) is 0.556. The van der Waals surface area contributed by atoms with Crippen molar-refractivity contribution in [2.24, 2.45) is 5.92 Å². The van der Waals surface area contributed by atoms with Gasteiger partial charge in [0.2, 0.25) is 5.91 Å². The Morgan fingerprint density at radius 3 is 2.41 bits per heavy atom. The Bertz CT molecular complexity index is 492. The molecular weight excluding hydrogens is 278 g/mol. The third kappa shape index (κ3) is 4.33. The van der Waals surface area contributed by atoms with E-state index in [9.17, 15) is 9.59 Å². The van der Waals surface area contributed by atoms with Gasteiger partial charge in [-0.1, -0.05) is 37.3 Å². The first-order valence-corrected chi connectivity index (χ1v) is 8.09. The highest BCUT2D eigenvalue weighted by Crippen LogP contribution is 2.22. The summed E-state index contributed by atoms with van der Waals surface area (Å²) in [6, 6.07) is 10.2. The highest BCUT2D eigenvalue weighted by Gasteiger charge is 2.27. The van der Waals surface area contributed by atoms with Crippen LogP contribution >= 0.6 is 0 Å². The van der Waals surface area contributed by atoms with Crippen molar-refractivity contribution in [3.05, 3.63) is 35.9 Å². The molecule has 120 valence electrons. The number of rotatable bonds is 5. The van der Waals surface area contributed by atoms with Crippen LogP contribution in [0.4, 0.5) is 0 Å². The van der Waals surface area contributed by atoms with Gasteiger partial charge < -0.3 is 9.64 Å². The van der Waals surface area contributed by atoms with Gasteiger partial charge in [0.1, 0.15) is 0 Å². The van der Waals surface area contributed by atoms with Gasteiger partial charge in [-0.05, 0) is 24.8 Å². The molecule has 0 aliphatic carbocycles. The predicted octanol–water partition coefficient (Wildman–Crippen LogP) is 2.98. The van der Waals surface area contributed by atoms with Gasteiger partial charge in [-0.3, -0.25) is 9.59 Å². The molecule has 0 aromatic heterocycles. The second kappa shape index (κ2) is 7.97. The Labute approximate surface area is 132 Å². The second-order valence-electron chi connectivity index (χ2n) is 5.93. The smallest absolute Gasteiger partial charge is 0.309 e. The third-order valence-corrected chi connectivity index (χ3v) is 4.46. The zero-order valence-electron chi connectivity index (χ0n) is 13.5. The average Bonchev–Trinajstić information content (AvgIpc) is 2.56. The van der Waals surface area contributed by atoms with Crippen LogP contribution in [0, 0.1) is 5.92 Å². The minimum Gasteiger partial charge on any atom is -0.465 e. The summed E-state index contributed by atoms with van der Waals surface area (Å²) in [6.45, 7) is 5.43. The molecule has 0 spiro atoms. The summed E-state index contributed by atoms with van der Waals surface area (Å²) in [6.07, 6.45) is 2.36. The predicted molar refractivity (Wildman–Crippen MR) is 85.4 cm³/mol. The first kappa shape index (κ1) is 16.5. The van der Waals surface area contributed by atoms with E-state index in [0.717, 1.165) is 6.42 Å². The van der Waals surface area contributed by atoms with Crippen LogP contribution in [0.5, 0.6) is 0 Å². The van der Waals surface area contributed by atoms with Crippen molar-refractivity contribution in [2.45, 2.75) is 39.0 Å². The summed E-state index contributed by atoms with van der Waals surface area (Å²) < 4.78 is 5.54. The summed E-state index contributed by atoms with van der Waals surface area (Å²) >= 11 is 0. The van der Waals surface area contributed by atoms with E-state index < -0.39 is 0 Å². The van der Waals surface area contributed by atoms with Gasteiger partial charge in [-0.25, -0.2) is 0 Å².